The highest BCUT2D eigenvalue weighted by molar-refractivity contribution is 9.10. The van der Waals surface area contributed by atoms with Gasteiger partial charge in [0.25, 0.3) is 0 Å². The number of hydrogen-bond donors (Lipinski definition) is 1. The summed E-state index contributed by atoms with van der Waals surface area (Å²) < 4.78 is 14.4. The van der Waals surface area contributed by atoms with Crippen LogP contribution < -0.4 is 5.32 Å². The van der Waals surface area contributed by atoms with Crippen LogP contribution in [-0.2, 0) is 6.42 Å². The number of nitrogens with one attached hydrogen (secondary N) is 1. The second-order valence-electron chi connectivity index (χ2n) is 4.58. The van der Waals surface area contributed by atoms with Gasteiger partial charge in [0.15, 0.2) is 0 Å². The van der Waals surface area contributed by atoms with E-state index in [1.807, 2.05) is 6.07 Å². The molecule has 0 radical (unpaired) electrons. The van der Waals surface area contributed by atoms with Gasteiger partial charge in [0.1, 0.15) is 5.82 Å². The predicted octanol–water partition coefficient (Wildman–Crippen LogP) is 4.16. The summed E-state index contributed by atoms with van der Waals surface area (Å²) in [6, 6.07) is 5.14. The lowest BCUT2D eigenvalue weighted by Gasteiger charge is -2.12. The van der Waals surface area contributed by atoms with Crippen molar-refractivity contribution in [3.8, 4) is 0 Å². The number of aryl methyl sites for hydroxylation is 1. The molecule has 0 amide bonds. The molecular weight excluding hydrogens is 281 g/mol. The molecule has 0 aliphatic carbocycles. The molecule has 0 aromatic heterocycles. The van der Waals surface area contributed by atoms with Crippen LogP contribution in [0.2, 0.25) is 0 Å². The smallest absolute Gasteiger partial charge is 0.126 e. The van der Waals surface area contributed by atoms with Gasteiger partial charge in [-0.3, -0.25) is 0 Å². The van der Waals surface area contributed by atoms with E-state index < -0.39 is 0 Å². The van der Waals surface area contributed by atoms with Crippen LogP contribution in [0, 0.1) is 11.7 Å². The van der Waals surface area contributed by atoms with Crippen molar-refractivity contribution < 1.29 is 4.39 Å². The highest BCUT2D eigenvalue weighted by Crippen LogP contribution is 2.18. The van der Waals surface area contributed by atoms with E-state index in [0.717, 1.165) is 42.4 Å². The lowest BCUT2D eigenvalue weighted by Crippen LogP contribution is -2.22. The van der Waals surface area contributed by atoms with Crippen LogP contribution in [0.25, 0.3) is 0 Å². The average molecular weight is 302 g/mol. The monoisotopic (exact) mass is 301 g/mol. The Balaban J connectivity index is 2.36. The van der Waals surface area contributed by atoms with Crippen molar-refractivity contribution >= 4 is 15.9 Å². The van der Waals surface area contributed by atoms with E-state index in [9.17, 15) is 4.39 Å². The zero-order chi connectivity index (χ0) is 12.7. The molecule has 1 unspecified atom stereocenters. The van der Waals surface area contributed by atoms with E-state index in [0.29, 0.717) is 5.92 Å². The molecule has 0 spiro atoms. The van der Waals surface area contributed by atoms with Gasteiger partial charge in [0.2, 0.25) is 0 Å². The summed E-state index contributed by atoms with van der Waals surface area (Å²) >= 11 is 3.38. The fourth-order valence-corrected chi connectivity index (χ4v) is 2.17. The first-order valence-electron chi connectivity index (χ1n) is 6.28. The third kappa shape index (κ3) is 5.64. The topological polar surface area (TPSA) is 12.0 Å². The third-order valence-electron chi connectivity index (χ3n) is 2.83. The minimum absolute atomic E-state index is 0.0954. The van der Waals surface area contributed by atoms with E-state index in [1.165, 1.54) is 6.07 Å². The largest absolute Gasteiger partial charge is 0.316 e. The molecule has 3 heteroatoms. The fraction of sp³-hybridized carbons (Fsp3) is 0.571. The molecule has 0 aliphatic rings. The maximum absolute atomic E-state index is 13.5. The van der Waals surface area contributed by atoms with Crippen molar-refractivity contribution in [3.05, 3.63) is 34.1 Å². The zero-order valence-electron chi connectivity index (χ0n) is 10.6. The molecule has 0 fully saturated rings. The minimum atomic E-state index is -0.0954. The van der Waals surface area contributed by atoms with Crippen LogP contribution in [0.4, 0.5) is 4.39 Å². The van der Waals surface area contributed by atoms with Crippen LogP contribution in [-0.4, -0.2) is 13.1 Å². The van der Waals surface area contributed by atoms with Gasteiger partial charge in [-0.1, -0.05) is 29.8 Å². The lowest BCUT2D eigenvalue weighted by atomic mass is 10.0. The van der Waals surface area contributed by atoms with Crippen LogP contribution in [0.5, 0.6) is 0 Å². The molecule has 1 nitrogen and oxygen atoms in total. The minimum Gasteiger partial charge on any atom is -0.316 e. The van der Waals surface area contributed by atoms with Crippen LogP contribution >= 0.6 is 15.9 Å². The van der Waals surface area contributed by atoms with Crippen LogP contribution in [0.3, 0.4) is 0 Å². The molecule has 17 heavy (non-hydrogen) atoms. The van der Waals surface area contributed by atoms with E-state index in [1.54, 1.807) is 6.07 Å². The fourth-order valence-electron chi connectivity index (χ4n) is 1.76. The van der Waals surface area contributed by atoms with Gasteiger partial charge in [-0.15, -0.1) is 0 Å². The van der Waals surface area contributed by atoms with E-state index in [2.05, 4.69) is 35.1 Å². The van der Waals surface area contributed by atoms with Gasteiger partial charge < -0.3 is 5.32 Å². The first-order chi connectivity index (χ1) is 8.13. The highest BCUT2D eigenvalue weighted by atomic mass is 79.9. The van der Waals surface area contributed by atoms with Crippen molar-refractivity contribution in [1.82, 2.24) is 5.32 Å². The van der Waals surface area contributed by atoms with Crippen molar-refractivity contribution in [2.45, 2.75) is 33.1 Å². The number of hydrogen-bond acceptors (Lipinski definition) is 1. The summed E-state index contributed by atoms with van der Waals surface area (Å²) in [5, 5.41) is 3.39. The SMILES string of the molecule is CCCNCC(C)CCc1cc(Br)ccc1F. The molecule has 0 heterocycles. The van der Waals surface area contributed by atoms with Gasteiger partial charge in [0.05, 0.1) is 0 Å². The maximum Gasteiger partial charge on any atom is 0.126 e. The molecule has 1 atom stereocenters. The van der Waals surface area contributed by atoms with Gasteiger partial charge >= 0.3 is 0 Å². The Morgan fingerprint density at radius 3 is 2.88 bits per heavy atom. The highest BCUT2D eigenvalue weighted by Gasteiger charge is 2.06. The lowest BCUT2D eigenvalue weighted by molar-refractivity contribution is 0.476. The molecule has 96 valence electrons. The van der Waals surface area contributed by atoms with Gasteiger partial charge in [-0.2, -0.15) is 0 Å². The number of rotatable bonds is 7. The molecule has 1 aromatic carbocycles. The Bertz CT molecular complexity index is 341. The van der Waals surface area contributed by atoms with Crippen molar-refractivity contribution in [3.63, 3.8) is 0 Å². The van der Waals surface area contributed by atoms with Crippen LogP contribution in [0.15, 0.2) is 22.7 Å². The average Bonchev–Trinajstić information content (AvgIpc) is 2.31. The van der Waals surface area contributed by atoms with Crippen molar-refractivity contribution in [1.29, 1.82) is 0 Å². The van der Waals surface area contributed by atoms with Gasteiger partial charge in [-0.25, -0.2) is 4.39 Å². The van der Waals surface area contributed by atoms with Crippen molar-refractivity contribution in [2.75, 3.05) is 13.1 Å². The number of halogens is 2. The summed E-state index contributed by atoms with van der Waals surface area (Å²) in [7, 11) is 0. The van der Waals surface area contributed by atoms with E-state index >= 15 is 0 Å². The second kappa shape index (κ2) is 7.83. The Morgan fingerprint density at radius 2 is 2.18 bits per heavy atom. The molecule has 1 aromatic rings. The third-order valence-corrected chi connectivity index (χ3v) is 3.33. The summed E-state index contributed by atoms with van der Waals surface area (Å²) in [4.78, 5) is 0. The second-order valence-corrected chi connectivity index (χ2v) is 5.50. The summed E-state index contributed by atoms with van der Waals surface area (Å²) in [5.74, 6) is 0.488. The molecule has 0 aliphatic heterocycles. The first-order valence-corrected chi connectivity index (χ1v) is 7.07. The van der Waals surface area contributed by atoms with Gasteiger partial charge in [-0.05, 0) is 62.0 Å². The van der Waals surface area contributed by atoms with E-state index in [4.69, 9.17) is 0 Å². The molecule has 0 bridgehead atoms. The predicted molar refractivity (Wildman–Crippen MR) is 74.7 cm³/mol. The Kier molecular flexibility index (Phi) is 6.75. The van der Waals surface area contributed by atoms with Crippen LogP contribution in [0.1, 0.15) is 32.3 Å². The summed E-state index contributed by atoms with van der Waals surface area (Å²) in [6.07, 6.45) is 2.98. The molecule has 1 N–H and O–H groups in total. The normalized spacial score (nSPS) is 12.7. The molecular formula is C14H21BrFN. The maximum atomic E-state index is 13.5. The van der Waals surface area contributed by atoms with E-state index in [-0.39, 0.29) is 5.82 Å². The molecule has 1 rings (SSSR count). The van der Waals surface area contributed by atoms with Gasteiger partial charge in [0, 0.05) is 4.47 Å². The number of benzene rings is 1. The quantitative estimate of drug-likeness (QED) is 0.746. The summed E-state index contributed by atoms with van der Waals surface area (Å²) in [5.41, 5.74) is 0.807. The molecule has 0 saturated heterocycles. The first kappa shape index (κ1) is 14.7. The Morgan fingerprint density at radius 1 is 1.41 bits per heavy atom. The van der Waals surface area contributed by atoms with Crippen molar-refractivity contribution in [2.24, 2.45) is 5.92 Å². The Labute approximate surface area is 112 Å². The standard InChI is InChI=1S/C14H21BrFN/c1-3-8-17-10-11(2)4-5-12-9-13(15)6-7-14(12)16/h6-7,9,11,17H,3-5,8,10H2,1-2H3. The Hall–Kier alpha value is -0.410. The summed E-state index contributed by atoms with van der Waals surface area (Å²) in [6.45, 7) is 6.45. The molecule has 0 saturated carbocycles. The zero-order valence-corrected chi connectivity index (χ0v) is 12.2.